The minimum Gasteiger partial charge on any atom is -0.330 e. The fraction of sp³-hybridized carbons (Fsp3) is 0.273. The fourth-order valence-corrected chi connectivity index (χ4v) is 1.10. The zero-order valence-corrected chi connectivity index (χ0v) is 8.09. The molecule has 2 N–H and O–H groups in total. The second-order valence-electron chi connectivity index (χ2n) is 3.10. The van der Waals surface area contributed by atoms with Crippen molar-refractivity contribution in [3.05, 3.63) is 41.5 Å². The van der Waals surface area contributed by atoms with E-state index in [4.69, 9.17) is 5.73 Å². The van der Waals surface area contributed by atoms with Gasteiger partial charge in [0.1, 0.15) is 0 Å². The Balaban J connectivity index is 2.73. The molecule has 1 aromatic rings. The standard InChI is InChI=1S/C11H12F3N/c12-11(13,14)10-6-4-9(5-7-10)3-1-2-8-15/h1,3-7H,2,8,15H2/b3-1+. The molecule has 15 heavy (non-hydrogen) atoms. The first-order chi connectivity index (χ1) is 7.04. The summed E-state index contributed by atoms with van der Waals surface area (Å²) < 4.78 is 36.6. The van der Waals surface area contributed by atoms with E-state index in [1.165, 1.54) is 12.1 Å². The lowest BCUT2D eigenvalue weighted by molar-refractivity contribution is -0.137. The zero-order chi connectivity index (χ0) is 11.3. The number of benzene rings is 1. The van der Waals surface area contributed by atoms with Crippen molar-refractivity contribution >= 4 is 6.08 Å². The molecule has 1 aromatic carbocycles. The highest BCUT2D eigenvalue weighted by Crippen LogP contribution is 2.29. The largest absolute Gasteiger partial charge is 0.416 e. The highest BCUT2D eigenvalue weighted by molar-refractivity contribution is 5.49. The van der Waals surface area contributed by atoms with E-state index in [-0.39, 0.29) is 0 Å². The lowest BCUT2D eigenvalue weighted by atomic mass is 10.1. The molecule has 0 amide bonds. The van der Waals surface area contributed by atoms with Crippen LogP contribution in [0.2, 0.25) is 0 Å². The number of halogens is 3. The van der Waals surface area contributed by atoms with E-state index in [9.17, 15) is 13.2 Å². The van der Waals surface area contributed by atoms with Crippen molar-refractivity contribution in [2.75, 3.05) is 6.54 Å². The van der Waals surface area contributed by atoms with E-state index >= 15 is 0 Å². The molecule has 1 nitrogen and oxygen atoms in total. The number of nitrogens with two attached hydrogens (primary N) is 1. The molecule has 4 heteroatoms. The van der Waals surface area contributed by atoms with Gasteiger partial charge in [0.05, 0.1) is 5.56 Å². The summed E-state index contributed by atoms with van der Waals surface area (Å²) in [5.74, 6) is 0. The summed E-state index contributed by atoms with van der Waals surface area (Å²) in [6.07, 6.45) is 0.0517. The smallest absolute Gasteiger partial charge is 0.330 e. The maximum Gasteiger partial charge on any atom is 0.416 e. The quantitative estimate of drug-likeness (QED) is 0.823. The maximum absolute atomic E-state index is 12.2. The third kappa shape index (κ3) is 3.75. The van der Waals surface area contributed by atoms with E-state index in [2.05, 4.69) is 0 Å². The van der Waals surface area contributed by atoms with Crippen molar-refractivity contribution < 1.29 is 13.2 Å². The summed E-state index contributed by atoms with van der Waals surface area (Å²) in [6, 6.07) is 5.02. The topological polar surface area (TPSA) is 26.0 Å². The van der Waals surface area contributed by atoms with Crippen LogP contribution in [0.15, 0.2) is 30.3 Å². The molecular formula is C11H12F3N. The third-order valence-corrected chi connectivity index (χ3v) is 1.88. The Morgan fingerprint density at radius 3 is 2.20 bits per heavy atom. The molecule has 0 aliphatic carbocycles. The maximum atomic E-state index is 12.2. The van der Waals surface area contributed by atoms with Gasteiger partial charge in [-0.3, -0.25) is 0 Å². The van der Waals surface area contributed by atoms with Crippen LogP contribution in [0.4, 0.5) is 13.2 Å². The first-order valence-corrected chi connectivity index (χ1v) is 4.58. The van der Waals surface area contributed by atoms with Gasteiger partial charge in [0.25, 0.3) is 0 Å². The van der Waals surface area contributed by atoms with Crippen molar-refractivity contribution in [3.8, 4) is 0 Å². The molecule has 0 spiro atoms. The van der Waals surface area contributed by atoms with E-state index in [0.717, 1.165) is 24.1 Å². The average Bonchev–Trinajstić information content (AvgIpc) is 2.18. The first-order valence-electron chi connectivity index (χ1n) is 4.58. The van der Waals surface area contributed by atoms with Gasteiger partial charge in [0, 0.05) is 0 Å². The molecule has 0 fully saturated rings. The summed E-state index contributed by atoms with van der Waals surface area (Å²) in [5, 5.41) is 0. The van der Waals surface area contributed by atoms with Gasteiger partial charge < -0.3 is 5.73 Å². The van der Waals surface area contributed by atoms with E-state index in [0.29, 0.717) is 6.54 Å². The molecule has 0 aromatic heterocycles. The summed E-state index contributed by atoms with van der Waals surface area (Å²) in [6.45, 7) is 0.539. The summed E-state index contributed by atoms with van der Waals surface area (Å²) in [7, 11) is 0. The van der Waals surface area contributed by atoms with Crippen molar-refractivity contribution in [3.63, 3.8) is 0 Å². The van der Waals surface area contributed by atoms with Crippen molar-refractivity contribution in [1.29, 1.82) is 0 Å². The number of alkyl halides is 3. The fourth-order valence-electron chi connectivity index (χ4n) is 1.10. The van der Waals surface area contributed by atoms with E-state index in [1.54, 1.807) is 6.08 Å². The van der Waals surface area contributed by atoms with Crippen LogP contribution < -0.4 is 5.73 Å². The predicted molar refractivity (Wildman–Crippen MR) is 54.1 cm³/mol. The molecule has 0 unspecified atom stereocenters. The highest BCUT2D eigenvalue weighted by Gasteiger charge is 2.29. The van der Waals surface area contributed by atoms with Gasteiger partial charge in [-0.1, -0.05) is 24.3 Å². The molecule has 0 atom stereocenters. The Kier molecular flexibility index (Phi) is 3.91. The lowest BCUT2D eigenvalue weighted by Gasteiger charge is -2.05. The van der Waals surface area contributed by atoms with Crippen molar-refractivity contribution in [2.24, 2.45) is 5.73 Å². The number of hydrogen-bond acceptors (Lipinski definition) is 1. The van der Waals surface area contributed by atoms with Crippen LogP contribution in [0.1, 0.15) is 17.5 Å². The van der Waals surface area contributed by atoms with Crippen LogP contribution >= 0.6 is 0 Å². The van der Waals surface area contributed by atoms with Crippen LogP contribution in [-0.2, 0) is 6.18 Å². The second kappa shape index (κ2) is 4.98. The van der Waals surface area contributed by atoms with Gasteiger partial charge in [-0.25, -0.2) is 0 Å². The van der Waals surface area contributed by atoms with Crippen LogP contribution in [0, 0.1) is 0 Å². The summed E-state index contributed by atoms with van der Waals surface area (Å²) in [5.41, 5.74) is 5.39. The molecule has 0 heterocycles. The van der Waals surface area contributed by atoms with Crippen molar-refractivity contribution in [1.82, 2.24) is 0 Å². The Labute approximate surface area is 86.4 Å². The minimum atomic E-state index is -4.26. The molecule has 0 aliphatic rings. The lowest BCUT2D eigenvalue weighted by Crippen LogP contribution is -2.03. The predicted octanol–water partition coefficient (Wildman–Crippen LogP) is 3.07. The van der Waals surface area contributed by atoms with E-state index in [1.807, 2.05) is 6.08 Å². The summed E-state index contributed by atoms with van der Waals surface area (Å²) in [4.78, 5) is 0. The molecule has 0 saturated heterocycles. The molecule has 1 rings (SSSR count). The van der Waals surface area contributed by atoms with Crippen LogP contribution in [0.3, 0.4) is 0 Å². The van der Waals surface area contributed by atoms with Gasteiger partial charge in [-0.05, 0) is 30.7 Å². The third-order valence-electron chi connectivity index (χ3n) is 1.88. The normalized spacial score (nSPS) is 12.3. The first kappa shape index (κ1) is 11.8. The average molecular weight is 215 g/mol. The molecule has 0 radical (unpaired) electrons. The van der Waals surface area contributed by atoms with Gasteiger partial charge in [-0.15, -0.1) is 0 Å². The second-order valence-corrected chi connectivity index (χ2v) is 3.10. The molecule has 0 aliphatic heterocycles. The molecule has 82 valence electrons. The van der Waals surface area contributed by atoms with Gasteiger partial charge >= 0.3 is 6.18 Å². The van der Waals surface area contributed by atoms with Crippen LogP contribution in [-0.4, -0.2) is 6.54 Å². The SMILES string of the molecule is NCC/C=C/c1ccc(C(F)(F)F)cc1. The Hall–Kier alpha value is -1.29. The Morgan fingerprint density at radius 1 is 1.13 bits per heavy atom. The molecule has 0 bridgehead atoms. The van der Waals surface area contributed by atoms with Crippen LogP contribution in [0.25, 0.3) is 6.08 Å². The van der Waals surface area contributed by atoms with Gasteiger partial charge in [-0.2, -0.15) is 13.2 Å². The number of hydrogen-bond donors (Lipinski definition) is 1. The van der Waals surface area contributed by atoms with Gasteiger partial charge in [0.2, 0.25) is 0 Å². The Bertz CT molecular complexity index is 325. The Morgan fingerprint density at radius 2 is 1.73 bits per heavy atom. The molecule has 0 saturated carbocycles. The monoisotopic (exact) mass is 215 g/mol. The number of rotatable bonds is 3. The van der Waals surface area contributed by atoms with Crippen molar-refractivity contribution in [2.45, 2.75) is 12.6 Å². The van der Waals surface area contributed by atoms with E-state index < -0.39 is 11.7 Å². The highest BCUT2D eigenvalue weighted by atomic mass is 19.4. The summed E-state index contributed by atoms with van der Waals surface area (Å²) >= 11 is 0. The molecular weight excluding hydrogens is 203 g/mol. The zero-order valence-electron chi connectivity index (χ0n) is 8.09. The van der Waals surface area contributed by atoms with Gasteiger partial charge in [0.15, 0.2) is 0 Å². The minimum absolute atomic E-state index is 0.539. The van der Waals surface area contributed by atoms with Crippen LogP contribution in [0.5, 0.6) is 0 Å².